The maximum atomic E-state index is 12.3. The molecule has 0 saturated carbocycles. The second kappa shape index (κ2) is 5.65. The van der Waals surface area contributed by atoms with Crippen LogP contribution in [0.3, 0.4) is 0 Å². The van der Waals surface area contributed by atoms with Crippen LogP contribution < -0.4 is 10.6 Å². The average molecular weight is 218 g/mol. The minimum Gasteiger partial charge on any atom is -0.335 e. The SMILES string of the molecule is CCn1ccnc1N(CCN)CC(F)F. The van der Waals surface area contributed by atoms with E-state index in [0.717, 1.165) is 0 Å². The molecule has 0 aromatic carbocycles. The van der Waals surface area contributed by atoms with Crippen LogP contribution in [0.4, 0.5) is 14.7 Å². The van der Waals surface area contributed by atoms with Gasteiger partial charge in [0.2, 0.25) is 5.95 Å². The summed E-state index contributed by atoms with van der Waals surface area (Å²) < 4.78 is 26.5. The predicted molar refractivity (Wildman–Crippen MR) is 55.2 cm³/mol. The zero-order valence-electron chi connectivity index (χ0n) is 8.74. The van der Waals surface area contributed by atoms with Crippen molar-refractivity contribution in [1.29, 1.82) is 0 Å². The third kappa shape index (κ3) is 3.16. The van der Waals surface area contributed by atoms with Crippen LogP contribution in [-0.4, -0.2) is 35.6 Å². The van der Waals surface area contributed by atoms with Crippen molar-refractivity contribution in [2.45, 2.75) is 19.9 Å². The van der Waals surface area contributed by atoms with E-state index in [1.54, 1.807) is 12.4 Å². The van der Waals surface area contributed by atoms with Gasteiger partial charge in [-0.25, -0.2) is 13.8 Å². The van der Waals surface area contributed by atoms with Crippen molar-refractivity contribution in [1.82, 2.24) is 9.55 Å². The third-order valence-corrected chi connectivity index (χ3v) is 2.07. The van der Waals surface area contributed by atoms with Crippen molar-refractivity contribution in [3.05, 3.63) is 12.4 Å². The molecule has 0 amide bonds. The number of hydrogen-bond acceptors (Lipinski definition) is 3. The van der Waals surface area contributed by atoms with E-state index in [9.17, 15) is 8.78 Å². The Labute approximate surface area is 87.7 Å². The average Bonchev–Trinajstić information content (AvgIpc) is 2.64. The largest absolute Gasteiger partial charge is 0.335 e. The van der Waals surface area contributed by atoms with Crippen LogP contribution in [-0.2, 0) is 6.54 Å². The lowest BCUT2D eigenvalue weighted by atomic mass is 10.5. The maximum Gasteiger partial charge on any atom is 0.255 e. The number of aromatic nitrogens is 2. The highest BCUT2D eigenvalue weighted by molar-refractivity contribution is 5.31. The lowest BCUT2D eigenvalue weighted by molar-refractivity contribution is 0.154. The molecular weight excluding hydrogens is 202 g/mol. The Morgan fingerprint density at radius 2 is 2.33 bits per heavy atom. The lowest BCUT2D eigenvalue weighted by Gasteiger charge is -2.23. The molecule has 1 rings (SSSR count). The smallest absolute Gasteiger partial charge is 0.255 e. The molecule has 0 saturated heterocycles. The van der Waals surface area contributed by atoms with E-state index < -0.39 is 6.43 Å². The van der Waals surface area contributed by atoms with E-state index >= 15 is 0 Å². The monoisotopic (exact) mass is 218 g/mol. The summed E-state index contributed by atoms with van der Waals surface area (Å²) in [5.74, 6) is 0.559. The van der Waals surface area contributed by atoms with Crippen LogP contribution in [0.5, 0.6) is 0 Å². The number of nitrogens with two attached hydrogens (primary N) is 1. The number of anilines is 1. The standard InChI is InChI=1S/C9H16F2N4/c1-2-14-6-4-13-9(14)15(5-3-12)7-8(10)11/h4,6,8H,2-3,5,7,12H2,1H3. The Balaban J connectivity index is 2.78. The van der Waals surface area contributed by atoms with Crippen LogP contribution in [0.15, 0.2) is 12.4 Å². The van der Waals surface area contributed by atoms with Crippen molar-refractivity contribution in [3.63, 3.8) is 0 Å². The first kappa shape index (κ1) is 11.9. The molecule has 0 bridgehead atoms. The zero-order chi connectivity index (χ0) is 11.3. The van der Waals surface area contributed by atoms with Gasteiger partial charge in [-0.2, -0.15) is 0 Å². The summed E-state index contributed by atoms with van der Waals surface area (Å²) >= 11 is 0. The number of aryl methyl sites for hydroxylation is 1. The molecule has 1 heterocycles. The fourth-order valence-electron chi connectivity index (χ4n) is 1.43. The van der Waals surface area contributed by atoms with Gasteiger partial charge in [-0.3, -0.25) is 0 Å². The van der Waals surface area contributed by atoms with E-state index in [2.05, 4.69) is 4.98 Å². The predicted octanol–water partition coefficient (Wildman–Crippen LogP) is 0.933. The Morgan fingerprint density at radius 3 is 2.87 bits per heavy atom. The van der Waals surface area contributed by atoms with Crippen molar-refractivity contribution in [2.75, 3.05) is 24.5 Å². The quantitative estimate of drug-likeness (QED) is 0.772. The van der Waals surface area contributed by atoms with E-state index in [0.29, 0.717) is 25.6 Å². The molecule has 4 nitrogen and oxygen atoms in total. The van der Waals surface area contributed by atoms with Gasteiger partial charge >= 0.3 is 0 Å². The molecule has 0 fully saturated rings. The molecule has 0 spiro atoms. The second-order valence-corrected chi connectivity index (χ2v) is 3.14. The minimum atomic E-state index is -2.38. The number of imidazole rings is 1. The molecule has 1 aromatic rings. The Morgan fingerprint density at radius 1 is 1.60 bits per heavy atom. The summed E-state index contributed by atoms with van der Waals surface area (Å²) in [6.45, 7) is 3.05. The summed E-state index contributed by atoms with van der Waals surface area (Å²) in [6.07, 6.45) is 0.997. The van der Waals surface area contributed by atoms with E-state index in [-0.39, 0.29) is 6.54 Å². The fraction of sp³-hybridized carbons (Fsp3) is 0.667. The topological polar surface area (TPSA) is 47.1 Å². The first-order chi connectivity index (χ1) is 7.19. The first-order valence-electron chi connectivity index (χ1n) is 4.93. The first-order valence-corrected chi connectivity index (χ1v) is 4.93. The summed E-state index contributed by atoms with van der Waals surface area (Å²) in [4.78, 5) is 5.57. The van der Waals surface area contributed by atoms with Gasteiger partial charge in [0.25, 0.3) is 6.43 Å². The lowest BCUT2D eigenvalue weighted by Crippen LogP contribution is -2.35. The van der Waals surface area contributed by atoms with Crippen molar-refractivity contribution in [2.24, 2.45) is 5.73 Å². The molecule has 0 aliphatic carbocycles. The normalized spacial score (nSPS) is 11.0. The second-order valence-electron chi connectivity index (χ2n) is 3.14. The van der Waals surface area contributed by atoms with Gasteiger partial charge in [-0.1, -0.05) is 0 Å². The molecule has 1 aromatic heterocycles. The number of alkyl halides is 2. The summed E-state index contributed by atoms with van der Waals surface area (Å²) in [7, 11) is 0. The van der Waals surface area contributed by atoms with Gasteiger partial charge in [-0.05, 0) is 6.92 Å². The third-order valence-electron chi connectivity index (χ3n) is 2.07. The van der Waals surface area contributed by atoms with Gasteiger partial charge in [0, 0.05) is 32.0 Å². The molecule has 2 N–H and O–H groups in total. The molecule has 0 unspecified atom stereocenters. The minimum absolute atomic E-state index is 0.325. The van der Waals surface area contributed by atoms with Gasteiger partial charge in [0.1, 0.15) is 0 Å². The van der Waals surface area contributed by atoms with Crippen LogP contribution in [0.2, 0.25) is 0 Å². The molecule has 0 radical (unpaired) electrons. The van der Waals surface area contributed by atoms with Gasteiger partial charge in [0.15, 0.2) is 0 Å². The number of rotatable bonds is 6. The molecule has 0 aliphatic heterocycles. The van der Waals surface area contributed by atoms with Crippen LogP contribution >= 0.6 is 0 Å². The highest BCUT2D eigenvalue weighted by atomic mass is 19.3. The van der Waals surface area contributed by atoms with Gasteiger partial charge < -0.3 is 15.2 Å². The van der Waals surface area contributed by atoms with E-state index in [1.165, 1.54) is 4.90 Å². The van der Waals surface area contributed by atoms with Crippen LogP contribution in [0.1, 0.15) is 6.92 Å². The van der Waals surface area contributed by atoms with Gasteiger partial charge in [-0.15, -0.1) is 0 Å². The highest BCUT2D eigenvalue weighted by Gasteiger charge is 2.15. The number of hydrogen-bond donors (Lipinski definition) is 1. The Bertz CT molecular complexity index is 287. The summed E-state index contributed by atoms with van der Waals surface area (Å²) in [5.41, 5.74) is 5.38. The number of halogens is 2. The van der Waals surface area contributed by atoms with Crippen LogP contribution in [0, 0.1) is 0 Å². The Hall–Kier alpha value is -1.17. The van der Waals surface area contributed by atoms with Crippen LogP contribution in [0.25, 0.3) is 0 Å². The van der Waals surface area contributed by atoms with Crippen molar-refractivity contribution in [3.8, 4) is 0 Å². The molecule has 0 atom stereocenters. The molecule has 86 valence electrons. The van der Waals surface area contributed by atoms with Crippen molar-refractivity contribution >= 4 is 5.95 Å². The van der Waals surface area contributed by atoms with E-state index in [4.69, 9.17) is 5.73 Å². The van der Waals surface area contributed by atoms with E-state index in [1.807, 2.05) is 11.5 Å². The van der Waals surface area contributed by atoms with Gasteiger partial charge in [0.05, 0.1) is 6.54 Å². The summed E-state index contributed by atoms with van der Waals surface area (Å²) in [5, 5.41) is 0. The Kier molecular flexibility index (Phi) is 4.48. The van der Waals surface area contributed by atoms with Crippen molar-refractivity contribution < 1.29 is 8.78 Å². The molecule has 6 heteroatoms. The molecular formula is C9H16F2N4. The molecule has 15 heavy (non-hydrogen) atoms. The maximum absolute atomic E-state index is 12.3. The molecule has 0 aliphatic rings. The fourth-order valence-corrected chi connectivity index (χ4v) is 1.43. The number of nitrogens with zero attached hydrogens (tertiary/aromatic N) is 3. The summed E-state index contributed by atoms with van der Waals surface area (Å²) in [6, 6.07) is 0. The zero-order valence-corrected chi connectivity index (χ0v) is 8.74. The highest BCUT2D eigenvalue weighted by Crippen LogP contribution is 2.12.